The summed E-state index contributed by atoms with van der Waals surface area (Å²) in [6, 6.07) is 186. The van der Waals surface area contributed by atoms with E-state index in [4.69, 9.17) is 15.0 Å². The first-order chi connectivity index (χ1) is 67.4. The van der Waals surface area contributed by atoms with Crippen molar-refractivity contribution in [2.45, 2.75) is 18.8 Å². The fourth-order valence-electron chi connectivity index (χ4n) is 21.2. The molecule has 24 aromatic rings. The Morgan fingerprint density at radius 1 is 0.191 bits per heavy atom. The van der Waals surface area contributed by atoms with Gasteiger partial charge in [0, 0.05) is 11.3 Å². The van der Waals surface area contributed by atoms with Gasteiger partial charge in [-0.2, -0.15) is 0 Å². The van der Waals surface area contributed by atoms with Crippen LogP contribution in [0.2, 0.25) is 0 Å². The van der Waals surface area contributed by atoms with Gasteiger partial charge in [-0.1, -0.05) is 473 Å². The molecule has 2 aliphatic rings. The monoisotopic (exact) mass is 1730 g/mol. The van der Waals surface area contributed by atoms with E-state index in [1.807, 2.05) is 0 Å². The number of para-hydroxylation sites is 5. The Morgan fingerprint density at radius 2 is 0.456 bits per heavy atom. The SMILES string of the molecule is Cc1ccc2c(-c3ccccc3)c3ccccc3c(-c3ccc(C4C(c5ccccc5)=Nc5ccccc54)cc3)c2c1.c1ccc(-c2ccc(-c3c4ccccc4c(-c4ccccc4)c4cc(-c5nc6ccccc6n5-c5ccccc5)ccc34)cc2)cc1.c1ccc(C2=Nc3ccccc3C2c2ccc(-c3c4ccccc4c(-c4ccccc4)c4ccc(-c5ccccc5)cc34)cc2)cc1. The van der Waals surface area contributed by atoms with Crippen LogP contribution in [0.4, 0.5) is 11.4 Å². The zero-order valence-corrected chi connectivity index (χ0v) is 75.0. The second-order valence-electron chi connectivity index (χ2n) is 35.4. The van der Waals surface area contributed by atoms with E-state index in [1.54, 1.807) is 0 Å². The van der Waals surface area contributed by atoms with Gasteiger partial charge < -0.3 is 0 Å². The molecule has 0 bridgehead atoms. The maximum absolute atomic E-state index is 5.21. The van der Waals surface area contributed by atoms with E-state index in [9.17, 15) is 0 Å². The molecule has 23 aromatic carbocycles. The minimum atomic E-state index is 0.0845. The molecule has 136 heavy (non-hydrogen) atoms. The van der Waals surface area contributed by atoms with Crippen molar-refractivity contribution in [2.24, 2.45) is 9.98 Å². The molecule has 0 saturated carbocycles. The molecule has 4 heteroatoms. The molecule has 0 spiro atoms. The van der Waals surface area contributed by atoms with Crippen LogP contribution in [0.25, 0.3) is 182 Å². The average molecular weight is 1730 g/mol. The Morgan fingerprint density at radius 3 is 0.868 bits per heavy atom. The smallest absolute Gasteiger partial charge is 0.145 e. The van der Waals surface area contributed by atoms with Crippen LogP contribution in [0.15, 0.2) is 526 Å². The molecule has 0 fully saturated rings. The quantitative estimate of drug-likeness (QED) is 0.100. The van der Waals surface area contributed by atoms with Crippen LogP contribution in [0.5, 0.6) is 0 Å². The molecule has 2 unspecified atom stereocenters. The third-order valence-electron chi connectivity index (χ3n) is 27.4. The second-order valence-corrected chi connectivity index (χ2v) is 35.4. The lowest BCUT2D eigenvalue weighted by atomic mass is 9.83. The number of hydrogen-bond acceptors (Lipinski definition) is 3. The highest BCUT2D eigenvalue weighted by Gasteiger charge is 2.33. The van der Waals surface area contributed by atoms with Crippen molar-refractivity contribution in [2.75, 3.05) is 0 Å². The van der Waals surface area contributed by atoms with Crippen molar-refractivity contribution in [1.29, 1.82) is 0 Å². The fourth-order valence-corrected chi connectivity index (χ4v) is 21.2. The van der Waals surface area contributed by atoms with Gasteiger partial charge in [-0.25, -0.2) is 4.98 Å². The lowest BCUT2D eigenvalue weighted by Crippen LogP contribution is -2.11. The lowest BCUT2D eigenvalue weighted by Gasteiger charge is -2.20. The first-order valence-electron chi connectivity index (χ1n) is 46.9. The van der Waals surface area contributed by atoms with Gasteiger partial charge >= 0.3 is 0 Å². The maximum Gasteiger partial charge on any atom is 0.145 e. The summed E-state index contributed by atoms with van der Waals surface area (Å²) in [6.45, 7) is 2.19. The second kappa shape index (κ2) is 35.6. The average Bonchev–Trinajstić information content (AvgIpc) is 0.756. The predicted molar refractivity (Wildman–Crippen MR) is 574 cm³/mol. The van der Waals surface area contributed by atoms with Gasteiger partial charge in [-0.05, 0) is 242 Å². The molecular weight excluding hydrogens is 1640 g/mol. The number of aromatic nitrogens is 2. The van der Waals surface area contributed by atoms with Gasteiger partial charge in [0.05, 0.1) is 45.7 Å². The predicted octanol–water partition coefficient (Wildman–Crippen LogP) is 35.2. The van der Waals surface area contributed by atoms with Gasteiger partial charge in [0.15, 0.2) is 0 Å². The highest BCUT2D eigenvalue weighted by Crippen LogP contribution is 2.52. The summed E-state index contributed by atoms with van der Waals surface area (Å²) in [4.78, 5) is 15.5. The van der Waals surface area contributed by atoms with Crippen LogP contribution < -0.4 is 0 Å². The summed E-state index contributed by atoms with van der Waals surface area (Å²) >= 11 is 0. The van der Waals surface area contributed by atoms with E-state index in [1.165, 1.54) is 193 Å². The summed E-state index contributed by atoms with van der Waals surface area (Å²) in [5, 5.41) is 15.1. The minimum absolute atomic E-state index is 0.0845. The maximum atomic E-state index is 5.21. The number of hydrogen-bond donors (Lipinski definition) is 0. The third-order valence-corrected chi connectivity index (χ3v) is 27.4. The number of benzene rings is 23. The first-order valence-corrected chi connectivity index (χ1v) is 46.9. The largest absolute Gasteiger partial charge is 0.292 e. The summed E-state index contributed by atoms with van der Waals surface area (Å²) in [7, 11) is 0. The van der Waals surface area contributed by atoms with Gasteiger partial charge in [0.25, 0.3) is 0 Å². The Kier molecular flexibility index (Phi) is 21.4. The lowest BCUT2D eigenvalue weighted by molar-refractivity contribution is 1.10. The summed E-state index contributed by atoms with van der Waals surface area (Å²) in [6.07, 6.45) is 0. The van der Waals surface area contributed by atoms with Crippen molar-refractivity contribution in [3.05, 3.63) is 555 Å². The van der Waals surface area contributed by atoms with Crippen molar-refractivity contribution in [3.8, 4) is 106 Å². The number of aryl methyl sites for hydroxylation is 1. The van der Waals surface area contributed by atoms with Gasteiger partial charge in [-0.15, -0.1) is 0 Å². The molecule has 0 amide bonds. The van der Waals surface area contributed by atoms with E-state index in [2.05, 4.69) is 527 Å². The molecule has 0 N–H and O–H groups in total. The van der Waals surface area contributed by atoms with Gasteiger partial charge in [0.1, 0.15) is 5.82 Å². The zero-order valence-electron chi connectivity index (χ0n) is 75.0. The Hall–Kier alpha value is -17.6. The van der Waals surface area contributed by atoms with Crippen molar-refractivity contribution in [1.82, 2.24) is 9.55 Å². The van der Waals surface area contributed by atoms with Crippen LogP contribution in [0, 0.1) is 6.92 Å². The van der Waals surface area contributed by atoms with E-state index in [0.29, 0.717) is 0 Å². The topological polar surface area (TPSA) is 42.5 Å². The van der Waals surface area contributed by atoms with Gasteiger partial charge in [-0.3, -0.25) is 14.6 Å². The fraction of sp³-hybridized carbons (Fsp3) is 0.0227. The Balaban J connectivity index is 0.000000112. The number of aliphatic imine (C=N–C) groups is 2. The van der Waals surface area contributed by atoms with Crippen molar-refractivity contribution < 1.29 is 0 Å². The van der Waals surface area contributed by atoms with Crippen LogP contribution in [-0.2, 0) is 0 Å². The normalized spacial score (nSPS) is 13.1. The summed E-state index contributed by atoms with van der Waals surface area (Å²) in [5.41, 5.74) is 37.1. The third kappa shape index (κ3) is 15.0. The van der Waals surface area contributed by atoms with E-state index in [0.717, 1.165) is 50.9 Å². The number of nitrogens with zero attached hydrogens (tertiary/aromatic N) is 4. The number of fused-ring (bicyclic) bond motifs is 9. The Bertz CT molecular complexity index is 8700. The minimum Gasteiger partial charge on any atom is -0.292 e. The van der Waals surface area contributed by atoms with E-state index >= 15 is 0 Å². The van der Waals surface area contributed by atoms with Crippen LogP contribution >= 0.6 is 0 Å². The highest BCUT2D eigenvalue weighted by molar-refractivity contribution is 6.25. The van der Waals surface area contributed by atoms with Gasteiger partial charge in [0.2, 0.25) is 0 Å². The Labute approximate surface area is 791 Å². The molecule has 2 aliphatic heterocycles. The zero-order chi connectivity index (χ0) is 90.4. The molecule has 0 saturated heterocycles. The van der Waals surface area contributed by atoms with E-state index in [-0.39, 0.29) is 11.8 Å². The first kappa shape index (κ1) is 81.6. The van der Waals surface area contributed by atoms with Crippen LogP contribution in [0.3, 0.4) is 0 Å². The molecule has 638 valence electrons. The molecule has 3 heterocycles. The molecule has 1 aromatic heterocycles. The van der Waals surface area contributed by atoms with Crippen molar-refractivity contribution >= 4 is 98.5 Å². The highest BCUT2D eigenvalue weighted by atomic mass is 15.1. The summed E-state index contributed by atoms with van der Waals surface area (Å²) in [5.74, 6) is 1.12. The molecule has 26 rings (SSSR count). The molecule has 2 atom stereocenters. The molecule has 0 radical (unpaired) electrons. The molecule has 0 aliphatic carbocycles. The standard InChI is InChI=1S/C46H31N.C45H30N2.C41H29N/c1-4-14-31(15-5-1)36-28-29-39-41(30-36)44(38-21-11-10-20-37(38)43(39)32-16-6-2-7-17-32)33-24-26-34(27-25-33)45-40-22-12-13-23-42(40)47-46(45)35-18-8-3-9-19-35;1-4-14-31(15-5-1)32-24-26-34(27-25-32)43-37-20-10-11-21-38(37)44(33-16-6-2-7-17-33)40-30-35(28-29-39(40)43)45-46-41-22-12-13-23-42(41)47(45)36-18-8-3-9-19-36;1-27-20-25-34-36(26-27)39(33-17-9-8-16-32(33)38(34)28-12-4-2-5-13-28)29-21-23-30(24-22-29)40-35-18-10-11-19-37(35)42-41(40)31-14-6-3-7-15-31/h1-30,45H;1-30H;2-26,40H,1H3. The van der Waals surface area contributed by atoms with E-state index < -0.39 is 0 Å². The van der Waals surface area contributed by atoms with Crippen LogP contribution in [0.1, 0.15) is 50.8 Å². The number of rotatable bonds is 14. The van der Waals surface area contributed by atoms with Crippen molar-refractivity contribution in [3.63, 3.8) is 0 Å². The van der Waals surface area contributed by atoms with Crippen LogP contribution in [-0.4, -0.2) is 21.0 Å². The molecular formula is C132H90N4. The number of imidazole rings is 1. The molecule has 4 nitrogen and oxygen atoms in total. The summed E-state index contributed by atoms with van der Waals surface area (Å²) < 4.78 is 2.28.